The number of amides is 3. The number of H-pyrrole nitrogens is 1. The summed E-state index contributed by atoms with van der Waals surface area (Å²) in [5, 5.41) is 22.0. The third-order valence-corrected chi connectivity index (χ3v) is 11.9. The van der Waals surface area contributed by atoms with Gasteiger partial charge in [0, 0.05) is 34.7 Å². The molecule has 1 aromatic heterocycles. The Morgan fingerprint density at radius 3 is 2.41 bits per heavy atom. The van der Waals surface area contributed by atoms with Crippen LogP contribution in [0.1, 0.15) is 35.6 Å². The Bertz CT molecular complexity index is 1700. The van der Waals surface area contributed by atoms with Crippen molar-refractivity contribution in [2.24, 2.45) is 29.6 Å². The van der Waals surface area contributed by atoms with Crippen LogP contribution in [0.2, 0.25) is 0 Å². The zero-order valence-electron chi connectivity index (χ0n) is 23.3. The van der Waals surface area contributed by atoms with Crippen molar-refractivity contribution < 1.29 is 34.1 Å². The number of aromatic amines is 1. The van der Waals surface area contributed by atoms with E-state index in [-0.39, 0.29) is 83.3 Å². The van der Waals surface area contributed by atoms with Crippen LogP contribution < -0.4 is 14.9 Å². The molecular formula is C31H29N3O8S2. The van der Waals surface area contributed by atoms with Gasteiger partial charge in [-0.05, 0) is 72.6 Å². The fourth-order valence-corrected chi connectivity index (χ4v) is 10.6. The minimum Gasteiger partial charge on any atom is -0.508 e. The SMILES string of the molecule is O=C(O)CCCN1C(=O)C2C3CC(C2C1=O)C1C3Sc2[nH]c(=O)sc2[C@@H]1c1ccc(OCC(=O)Nc2ccc(O)cc2)cc1. The Labute approximate surface area is 259 Å². The van der Waals surface area contributed by atoms with Crippen molar-refractivity contribution in [3.8, 4) is 11.5 Å². The number of carboxylic acid groups (broad SMARTS) is 1. The molecule has 3 amide bonds. The number of nitrogens with one attached hydrogen (secondary N) is 2. The van der Waals surface area contributed by atoms with Gasteiger partial charge in [0.25, 0.3) is 5.91 Å². The van der Waals surface area contributed by atoms with E-state index in [9.17, 15) is 29.1 Å². The smallest absolute Gasteiger partial charge is 0.305 e. The predicted molar refractivity (Wildman–Crippen MR) is 161 cm³/mol. The molecule has 2 aliphatic carbocycles. The van der Waals surface area contributed by atoms with Crippen molar-refractivity contribution in [2.75, 3.05) is 18.5 Å². The quantitative estimate of drug-likeness (QED) is 0.203. The first-order chi connectivity index (χ1) is 21.2. The molecule has 44 heavy (non-hydrogen) atoms. The molecule has 2 aromatic carbocycles. The van der Waals surface area contributed by atoms with Crippen LogP contribution in [-0.4, -0.2) is 62.2 Å². The summed E-state index contributed by atoms with van der Waals surface area (Å²) in [5.41, 5.74) is 1.51. The number of fused-ring (bicyclic) bond motifs is 9. The number of carbonyl (C=O) groups excluding carboxylic acids is 3. The van der Waals surface area contributed by atoms with Crippen LogP contribution >= 0.6 is 23.1 Å². The molecule has 0 spiro atoms. The lowest BCUT2D eigenvalue weighted by Crippen LogP contribution is -2.42. The number of carboxylic acids is 1. The number of imide groups is 1. The summed E-state index contributed by atoms with van der Waals surface area (Å²) in [6.07, 6.45) is 0.904. The Morgan fingerprint density at radius 2 is 1.70 bits per heavy atom. The standard InChI is InChI=1S/C31H29N3O8S2/c35-16-7-5-15(6-8-16)32-20(36)13-42-17-9-3-14(4-10-17)22-23-18-12-19(26(23)43-28-27(22)44-31(41)33-28)25-24(18)29(39)34(30(25)40)11-1-2-21(37)38/h3-10,18-19,22-26,35H,1-2,11-13H2,(H,32,36)(H,33,41)(H,37,38)/t18?,19?,22-,23?,24?,25?,26?/m1/s1. The number of thioether (sulfide) groups is 1. The number of phenolic OH excluding ortho intramolecular Hbond substituents is 1. The fourth-order valence-electron chi connectivity index (χ4n) is 7.72. The highest BCUT2D eigenvalue weighted by Crippen LogP contribution is 2.68. The first kappa shape index (κ1) is 28.7. The number of carbonyl (C=O) groups is 4. The van der Waals surface area contributed by atoms with E-state index in [1.54, 1.807) is 36.0 Å². The number of phenols is 1. The number of aromatic nitrogens is 1. The molecule has 2 saturated carbocycles. The van der Waals surface area contributed by atoms with Crippen LogP contribution in [0.3, 0.4) is 0 Å². The van der Waals surface area contributed by atoms with E-state index in [2.05, 4.69) is 10.3 Å². The van der Waals surface area contributed by atoms with Gasteiger partial charge in [0.05, 0.1) is 16.9 Å². The topological polar surface area (TPSA) is 166 Å². The second kappa shape index (κ2) is 11.1. The maximum atomic E-state index is 13.6. The van der Waals surface area contributed by atoms with Crippen LogP contribution in [0.15, 0.2) is 58.4 Å². The number of likely N-dealkylation sites (tertiary alicyclic amines) is 1. The highest BCUT2D eigenvalue weighted by atomic mass is 32.2. The third-order valence-electron chi connectivity index (χ3n) is 9.35. The van der Waals surface area contributed by atoms with Crippen LogP contribution in [0, 0.1) is 29.6 Å². The number of aromatic hydroxyl groups is 1. The van der Waals surface area contributed by atoms with Gasteiger partial charge in [0.1, 0.15) is 11.5 Å². The highest BCUT2D eigenvalue weighted by molar-refractivity contribution is 8.00. The van der Waals surface area contributed by atoms with Gasteiger partial charge in [-0.25, -0.2) is 0 Å². The fraction of sp³-hybridized carbons (Fsp3) is 0.387. The second-order valence-electron chi connectivity index (χ2n) is 11.7. The van der Waals surface area contributed by atoms with Gasteiger partial charge in [-0.2, -0.15) is 0 Å². The molecule has 3 fully saturated rings. The van der Waals surface area contributed by atoms with E-state index in [1.807, 2.05) is 12.1 Å². The molecule has 6 unspecified atom stereocenters. The van der Waals surface area contributed by atoms with Crippen LogP contribution in [0.4, 0.5) is 5.69 Å². The Hall–Kier alpha value is -4.10. The average molecular weight is 636 g/mol. The van der Waals surface area contributed by atoms with Crippen molar-refractivity contribution in [1.82, 2.24) is 9.88 Å². The van der Waals surface area contributed by atoms with Gasteiger partial charge in [-0.3, -0.25) is 28.9 Å². The summed E-state index contributed by atoms with van der Waals surface area (Å²) >= 11 is 2.79. The Morgan fingerprint density at radius 1 is 1.00 bits per heavy atom. The summed E-state index contributed by atoms with van der Waals surface area (Å²) in [7, 11) is 0. The third kappa shape index (κ3) is 4.87. The normalized spacial score (nSPS) is 28.0. The summed E-state index contributed by atoms with van der Waals surface area (Å²) in [6.45, 7) is -0.0854. The van der Waals surface area contributed by atoms with E-state index < -0.39 is 17.8 Å². The molecule has 4 N–H and O–H groups in total. The van der Waals surface area contributed by atoms with Gasteiger partial charge < -0.3 is 25.3 Å². The summed E-state index contributed by atoms with van der Waals surface area (Å²) in [5.74, 6) is -2.04. The molecule has 7 rings (SSSR count). The maximum absolute atomic E-state index is 13.6. The molecule has 228 valence electrons. The van der Waals surface area contributed by atoms with Gasteiger partial charge in [-0.1, -0.05) is 23.5 Å². The number of nitrogens with zero attached hydrogens (tertiary/aromatic N) is 1. The lowest BCUT2D eigenvalue weighted by Gasteiger charge is -2.43. The van der Waals surface area contributed by atoms with E-state index in [4.69, 9.17) is 9.84 Å². The molecule has 2 bridgehead atoms. The van der Waals surface area contributed by atoms with Crippen LogP contribution in [0.5, 0.6) is 11.5 Å². The molecular weight excluding hydrogens is 606 g/mol. The van der Waals surface area contributed by atoms with Gasteiger partial charge in [0.15, 0.2) is 6.61 Å². The lowest BCUT2D eigenvalue weighted by molar-refractivity contribution is -0.142. The largest absolute Gasteiger partial charge is 0.508 e. The van der Waals surface area contributed by atoms with E-state index in [0.717, 1.165) is 21.9 Å². The van der Waals surface area contributed by atoms with Crippen molar-refractivity contribution in [2.45, 2.75) is 35.5 Å². The van der Waals surface area contributed by atoms with E-state index in [0.29, 0.717) is 11.4 Å². The number of anilines is 1. The lowest BCUT2D eigenvalue weighted by atomic mass is 9.68. The van der Waals surface area contributed by atoms with Crippen molar-refractivity contribution in [3.05, 3.63) is 68.6 Å². The first-order valence-corrected chi connectivity index (χ1v) is 16.2. The first-order valence-electron chi connectivity index (χ1n) is 14.5. The monoisotopic (exact) mass is 635 g/mol. The zero-order valence-corrected chi connectivity index (χ0v) is 24.9. The number of hydrogen-bond acceptors (Lipinski definition) is 9. The van der Waals surface area contributed by atoms with Crippen LogP contribution in [-0.2, 0) is 19.2 Å². The molecule has 13 heteroatoms. The number of ether oxygens (including phenoxy) is 1. The summed E-state index contributed by atoms with van der Waals surface area (Å²) < 4.78 is 5.71. The number of hydrogen-bond donors (Lipinski definition) is 4. The van der Waals surface area contributed by atoms with Gasteiger partial charge in [0.2, 0.25) is 11.8 Å². The molecule has 0 radical (unpaired) electrons. The van der Waals surface area contributed by atoms with Crippen LogP contribution in [0.25, 0.3) is 0 Å². The molecule has 2 aliphatic heterocycles. The van der Waals surface area contributed by atoms with Crippen molar-refractivity contribution in [3.63, 3.8) is 0 Å². The number of rotatable bonds is 9. The minimum atomic E-state index is -0.955. The molecule has 3 aromatic rings. The maximum Gasteiger partial charge on any atom is 0.305 e. The van der Waals surface area contributed by atoms with Crippen molar-refractivity contribution >= 4 is 52.5 Å². The van der Waals surface area contributed by atoms with E-state index in [1.165, 1.54) is 28.4 Å². The predicted octanol–water partition coefficient (Wildman–Crippen LogP) is 3.50. The Kier molecular flexibility index (Phi) is 7.24. The van der Waals surface area contributed by atoms with Gasteiger partial charge in [-0.15, -0.1) is 11.8 Å². The number of benzene rings is 2. The molecule has 11 nitrogen and oxygen atoms in total. The second-order valence-corrected chi connectivity index (χ2v) is 13.9. The number of aliphatic carboxylic acids is 1. The van der Waals surface area contributed by atoms with Crippen molar-refractivity contribution in [1.29, 1.82) is 0 Å². The molecule has 3 heterocycles. The highest BCUT2D eigenvalue weighted by Gasteiger charge is 2.69. The summed E-state index contributed by atoms with van der Waals surface area (Å²) in [4.78, 5) is 67.9. The Balaban J connectivity index is 1.10. The summed E-state index contributed by atoms with van der Waals surface area (Å²) in [6, 6.07) is 13.6. The minimum absolute atomic E-state index is 0.00493. The zero-order chi connectivity index (χ0) is 30.7. The average Bonchev–Trinajstić information content (AvgIpc) is 3.73. The molecule has 7 atom stereocenters. The number of thiazole rings is 1. The molecule has 1 saturated heterocycles. The molecule has 4 aliphatic rings. The van der Waals surface area contributed by atoms with E-state index >= 15 is 0 Å². The van der Waals surface area contributed by atoms with Gasteiger partial charge >= 0.3 is 10.8 Å².